The second-order valence-corrected chi connectivity index (χ2v) is 18.5. The quantitative estimate of drug-likeness (QED) is 0.166. The molecule has 290 valence electrons. The lowest BCUT2D eigenvalue weighted by molar-refractivity contribution is 0.590. The van der Waals surface area contributed by atoms with Gasteiger partial charge in [-0.1, -0.05) is 148 Å². The van der Waals surface area contributed by atoms with Gasteiger partial charge in [-0.05, 0) is 127 Å². The van der Waals surface area contributed by atoms with Crippen LogP contribution in [0.3, 0.4) is 0 Å². The number of para-hydroxylation sites is 4. The maximum absolute atomic E-state index is 2.63. The Morgan fingerprint density at radius 2 is 0.903 bits per heavy atom. The maximum Gasteiger partial charge on any atom is 0.332 e. The minimum atomic E-state index is -0.0694. The summed E-state index contributed by atoms with van der Waals surface area (Å²) in [4.78, 5) is 5.26. The Kier molecular flexibility index (Phi) is 6.70. The normalized spacial score (nSPS) is 13.9. The molecule has 8 aromatic carbocycles. The number of fused-ring (bicyclic) bond motifs is 10. The number of hydrogen-bond donors (Lipinski definition) is 0. The van der Waals surface area contributed by atoms with E-state index >= 15 is 0 Å². The molecule has 4 aliphatic rings. The molecule has 0 saturated heterocycles. The molecule has 2 aromatic heterocycles. The van der Waals surface area contributed by atoms with Crippen LogP contribution in [0.15, 0.2) is 188 Å². The Morgan fingerprint density at radius 3 is 1.42 bits per heavy atom. The smallest absolute Gasteiger partial charge is 0.332 e. The highest BCUT2D eigenvalue weighted by Gasteiger charge is 2.51. The van der Waals surface area contributed by atoms with Gasteiger partial charge in [0.2, 0.25) is 0 Å². The van der Waals surface area contributed by atoms with E-state index in [2.05, 4.69) is 228 Å². The van der Waals surface area contributed by atoms with Crippen LogP contribution in [0.4, 0.5) is 34.1 Å². The van der Waals surface area contributed by atoms with Gasteiger partial charge < -0.3 is 18.8 Å². The predicted molar refractivity (Wildman–Crippen MR) is 263 cm³/mol. The highest BCUT2D eigenvalue weighted by molar-refractivity contribution is 6.93. The van der Waals surface area contributed by atoms with Crippen LogP contribution >= 0.6 is 0 Å². The predicted octanol–water partition coefficient (Wildman–Crippen LogP) is 11.4. The molecule has 14 rings (SSSR count). The van der Waals surface area contributed by atoms with Crippen molar-refractivity contribution in [1.82, 2.24) is 8.96 Å². The minimum absolute atomic E-state index is 0.0513. The standard InChI is InChI=1S/C56H40B2N4/c1-56(2,3)39-26-28-45-47(34-39)62(41-21-11-6-12-22-41)55-51-49(43-24-14-18-37-30-32-60(53(37)43)58(45)51)48-42-23-13-17-36-29-31-59(52(36)42)57-44-27-25-38(35-15-7-4-8-16-35)33-46(44)61(54(55)50(48)57)40-19-9-5-10-20-40/h4-34H,1-3H3. The van der Waals surface area contributed by atoms with E-state index in [9.17, 15) is 0 Å². The molecular formula is C56H40B2N4. The van der Waals surface area contributed by atoms with Crippen LogP contribution in [0.25, 0.3) is 55.2 Å². The second kappa shape index (κ2) is 12.1. The summed E-state index contributed by atoms with van der Waals surface area (Å²) < 4.78 is 5.18. The molecule has 6 heteroatoms. The summed E-state index contributed by atoms with van der Waals surface area (Å²) in [5, 5.41) is 2.55. The first-order valence-corrected chi connectivity index (χ1v) is 21.9. The monoisotopic (exact) mass is 790 g/mol. The van der Waals surface area contributed by atoms with Gasteiger partial charge in [0.1, 0.15) is 0 Å². The van der Waals surface area contributed by atoms with E-state index in [1.807, 2.05) is 0 Å². The Hall–Kier alpha value is -7.43. The van der Waals surface area contributed by atoms with Crippen molar-refractivity contribution in [2.75, 3.05) is 9.80 Å². The molecule has 0 atom stereocenters. The van der Waals surface area contributed by atoms with Crippen molar-refractivity contribution in [1.29, 1.82) is 0 Å². The molecule has 6 heterocycles. The lowest BCUT2D eigenvalue weighted by Crippen LogP contribution is -2.62. The molecule has 0 spiro atoms. The molecule has 0 bridgehead atoms. The lowest BCUT2D eigenvalue weighted by Gasteiger charge is -2.48. The van der Waals surface area contributed by atoms with Crippen LogP contribution in [0.2, 0.25) is 0 Å². The van der Waals surface area contributed by atoms with Gasteiger partial charge >= 0.3 is 13.7 Å². The fourth-order valence-electron chi connectivity index (χ4n) is 11.6. The van der Waals surface area contributed by atoms with Gasteiger partial charge in [0, 0.05) is 44.9 Å². The number of anilines is 6. The third-order valence-electron chi connectivity index (χ3n) is 14.2. The molecule has 0 saturated carbocycles. The van der Waals surface area contributed by atoms with E-state index in [-0.39, 0.29) is 19.1 Å². The molecule has 62 heavy (non-hydrogen) atoms. The van der Waals surface area contributed by atoms with Crippen LogP contribution in [-0.4, -0.2) is 22.7 Å². The fraction of sp³-hybridized carbons (Fsp3) is 0.0714. The molecule has 0 amide bonds. The van der Waals surface area contributed by atoms with Crippen molar-refractivity contribution in [3.63, 3.8) is 0 Å². The third-order valence-corrected chi connectivity index (χ3v) is 14.2. The van der Waals surface area contributed by atoms with Crippen molar-refractivity contribution < 1.29 is 0 Å². The highest BCUT2D eigenvalue weighted by atomic mass is 15.2. The van der Waals surface area contributed by atoms with Gasteiger partial charge in [0.25, 0.3) is 0 Å². The zero-order valence-electron chi connectivity index (χ0n) is 34.8. The van der Waals surface area contributed by atoms with Gasteiger partial charge in [-0.2, -0.15) is 0 Å². The molecule has 0 fully saturated rings. The summed E-state index contributed by atoms with van der Waals surface area (Å²) in [6, 6.07) is 66.2. The van der Waals surface area contributed by atoms with E-state index in [0.29, 0.717) is 0 Å². The number of nitrogens with zero attached hydrogens (tertiary/aromatic N) is 4. The lowest BCUT2D eigenvalue weighted by atomic mass is 9.40. The van der Waals surface area contributed by atoms with Gasteiger partial charge in [0.05, 0.1) is 11.4 Å². The fourth-order valence-corrected chi connectivity index (χ4v) is 11.6. The van der Waals surface area contributed by atoms with Crippen molar-refractivity contribution >= 4 is 91.5 Å². The van der Waals surface area contributed by atoms with Crippen molar-refractivity contribution in [2.45, 2.75) is 26.2 Å². The van der Waals surface area contributed by atoms with Crippen LogP contribution in [0.5, 0.6) is 0 Å². The SMILES string of the molecule is CC(C)(C)c1ccc2c(c1)N(c1ccccc1)c1c3c(c4c5c1N(c1ccccc1)c1cc(-c6ccccc6)ccc1B5n1ccc5cccc-4c51)-c1cccc4ccn(c14)B23. The zero-order chi connectivity index (χ0) is 41.0. The van der Waals surface area contributed by atoms with E-state index in [1.165, 1.54) is 105 Å². The van der Waals surface area contributed by atoms with E-state index in [1.54, 1.807) is 0 Å². The Morgan fingerprint density at radius 1 is 0.419 bits per heavy atom. The molecule has 10 aromatic rings. The number of aromatic nitrogens is 2. The average molecular weight is 791 g/mol. The van der Waals surface area contributed by atoms with Crippen LogP contribution in [-0.2, 0) is 5.41 Å². The van der Waals surface area contributed by atoms with Crippen molar-refractivity contribution in [3.8, 4) is 33.4 Å². The van der Waals surface area contributed by atoms with Gasteiger partial charge in [-0.3, -0.25) is 0 Å². The maximum atomic E-state index is 2.63. The Bertz CT molecular complexity index is 3530. The zero-order valence-corrected chi connectivity index (χ0v) is 34.8. The second-order valence-electron chi connectivity index (χ2n) is 18.5. The molecule has 4 aliphatic heterocycles. The Balaban J connectivity index is 1.24. The number of hydrogen-bond acceptors (Lipinski definition) is 2. The first-order valence-electron chi connectivity index (χ1n) is 21.9. The third kappa shape index (κ3) is 4.38. The summed E-state index contributed by atoms with van der Waals surface area (Å²) in [6.45, 7) is 6.88. The molecular weight excluding hydrogens is 750 g/mol. The topological polar surface area (TPSA) is 16.3 Å². The Labute approximate surface area is 362 Å². The van der Waals surface area contributed by atoms with Crippen LogP contribution in [0.1, 0.15) is 26.3 Å². The molecule has 0 unspecified atom stereocenters. The van der Waals surface area contributed by atoms with E-state index in [0.717, 1.165) is 11.4 Å². The number of rotatable bonds is 3. The average Bonchev–Trinajstić information content (AvgIpc) is 3.95. The summed E-state index contributed by atoms with van der Waals surface area (Å²) in [6.07, 6.45) is 4.69. The van der Waals surface area contributed by atoms with Crippen molar-refractivity contribution in [3.05, 3.63) is 194 Å². The van der Waals surface area contributed by atoms with Gasteiger partial charge in [-0.25, -0.2) is 0 Å². The number of benzene rings is 8. The first-order chi connectivity index (χ1) is 30.4. The summed E-state index contributed by atoms with van der Waals surface area (Å²) in [5.41, 5.74) is 24.1. The molecule has 4 nitrogen and oxygen atoms in total. The largest absolute Gasteiger partial charge is 0.382 e. The van der Waals surface area contributed by atoms with E-state index < -0.39 is 0 Å². The van der Waals surface area contributed by atoms with Crippen molar-refractivity contribution in [2.24, 2.45) is 0 Å². The van der Waals surface area contributed by atoms with Crippen LogP contribution in [0, 0.1) is 0 Å². The minimum Gasteiger partial charge on any atom is -0.382 e. The highest BCUT2D eigenvalue weighted by Crippen LogP contribution is 2.55. The summed E-state index contributed by atoms with van der Waals surface area (Å²) in [7, 11) is 0. The van der Waals surface area contributed by atoms with Crippen LogP contribution < -0.4 is 31.7 Å². The van der Waals surface area contributed by atoms with Gasteiger partial charge in [-0.15, -0.1) is 0 Å². The van der Waals surface area contributed by atoms with E-state index in [4.69, 9.17) is 0 Å². The summed E-state index contributed by atoms with van der Waals surface area (Å²) in [5.74, 6) is 0. The summed E-state index contributed by atoms with van der Waals surface area (Å²) >= 11 is 0. The molecule has 0 aliphatic carbocycles. The molecule has 0 radical (unpaired) electrons. The first kappa shape index (κ1) is 34.3. The van der Waals surface area contributed by atoms with Gasteiger partial charge in [0.15, 0.2) is 0 Å². The molecule has 0 N–H and O–H groups in total.